The standard InChI is InChI=1S/C11H10F4N2O2/c12-8-2-1-6(5-7(8)11(13,14)15)10(19)17-4-3-9(16)18/h1-2,5H,3-4H2,(H2,16,18)(H,17,19). The zero-order chi connectivity index (χ0) is 14.6. The topological polar surface area (TPSA) is 72.2 Å². The molecule has 4 nitrogen and oxygen atoms in total. The van der Waals surface area contributed by atoms with Gasteiger partial charge in [-0.3, -0.25) is 9.59 Å². The number of alkyl halides is 3. The predicted octanol–water partition coefficient (Wildman–Crippen LogP) is 1.45. The highest BCUT2D eigenvalue weighted by atomic mass is 19.4. The van der Waals surface area contributed by atoms with Crippen LogP contribution in [0.15, 0.2) is 18.2 Å². The summed E-state index contributed by atoms with van der Waals surface area (Å²) in [6.07, 6.45) is -5.02. The lowest BCUT2D eigenvalue weighted by Gasteiger charge is -2.10. The number of primary amides is 1. The second-order valence-corrected chi connectivity index (χ2v) is 3.66. The second-order valence-electron chi connectivity index (χ2n) is 3.66. The normalized spacial score (nSPS) is 11.2. The summed E-state index contributed by atoms with van der Waals surface area (Å²) in [6.45, 7) is -0.104. The average molecular weight is 278 g/mol. The summed E-state index contributed by atoms with van der Waals surface area (Å²) in [4.78, 5) is 21.9. The second kappa shape index (κ2) is 5.68. The van der Waals surface area contributed by atoms with Gasteiger partial charge in [-0.2, -0.15) is 13.2 Å². The molecule has 0 saturated heterocycles. The summed E-state index contributed by atoms with van der Waals surface area (Å²) < 4.78 is 50.2. The predicted molar refractivity (Wildman–Crippen MR) is 57.5 cm³/mol. The van der Waals surface area contributed by atoms with Crippen LogP contribution in [-0.2, 0) is 11.0 Å². The maximum Gasteiger partial charge on any atom is 0.419 e. The van der Waals surface area contributed by atoms with E-state index in [2.05, 4.69) is 5.32 Å². The van der Waals surface area contributed by atoms with Crippen molar-refractivity contribution >= 4 is 11.8 Å². The van der Waals surface area contributed by atoms with Crippen LogP contribution in [0.1, 0.15) is 22.3 Å². The molecule has 19 heavy (non-hydrogen) atoms. The van der Waals surface area contributed by atoms with Gasteiger partial charge >= 0.3 is 6.18 Å². The number of carbonyl (C=O) groups excluding carboxylic acids is 2. The van der Waals surface area contributed by atoms with Crippen LogP contribution in [0.5, 0.6) is 0 Å². The minimum Gasteiger partial charge on any atom is -0.370 e. The van der Waals surface area contributed by atoms with E-state index in [1.54, 1.807) is 0 Å². The van der Waals surface area contributed by atoms with Crippen LogP contribution in [0.3, 0.4) is 0 Å². The Labute approximate surface area is 105 Å². The van der Waals surface area contributed by atoms with Crippen molar-refractivity contribution in [1.29, 1.82) is 0 Å². The first-order valence-corrected chi connectivity index (χ1v) is 5.15. The molecule has 2 amide bonds. The molecule has 0 aliphatic carbocycles. The van der Waals surface area contributed by atoms with Gasteiger partial charge in [0, 0.05) is 18.5 Å². The van der Waals surface area contributed by atoms with E-state index < -0.39 is 29.4 Å². The number of hydrogen-bond donors (Lipinski definition) is 2. The summed E-state index contributed by atoms with van der Waals surface area (Å²) in [5.74, 6) is -2.96. The molecule has 0 aliphatic heterocycles. The molecule has 1 aromatic carbocycles. The van der Waals surface area contributed by atoms with Crippen LogP contribution in [-0.4, -0.2) is 18.4 Å². The van der Waals surface area contributed by atoms with E-state index >= 15 is 0 Å². The summed E-state index contributed by atoms with van der Waals surface area (Å²) in [5.41, 5.74) is 2.96. The minimum atomic E-state index is -4.88. The SMILES string of the molecule is NC(=O)CCNC(=O)c1ccc(F)c(C(F)(F)F)c1. The van der Waals surface area contributed by atoms with Crippen LogP contribution in [0.2, 0.25) is 0 Å². The number of nitrogens with two attached hydrogens (primary N) is 1. The number of halogens is 4. The van der Waals surface area contributed by atoms with E-state index in [0.717, 1.165) is 6.07 Å². The fourth-order valence-corrected chi connectivity index (χ4v) is 1.29. The van der Waals surface area contributed by atoms with Gasteiger partial charge in [0.1, 0.15) is 5.82 Å². The molecular formula is C11H10F4N2O2. The summed E-state index contributed by atoms with van der Waals surface area (Å²) in [5, 5.41) is 2.20. The lowest BCUT2D eigenvalue weighted by Crippen LogP contribution is -2.28. The monoisotopic (exact) mass is 278 g/mol. The molecule has 0 spiro atoms. The molecule has 0 atom stereocenters. The van der Waals surface area contributed by atoms with E-state index in [9.17, 15) is 27.2 Å². The molecule has 0 saturated carbocycles. The van der Waals surface area contributed by atoms with Crippen LogP contribution in [0.4, 0.5) is 17.6 Å². The molecule has 1 rings (SSSR count). The van der Waals surface area contributed by atoms with Crippen molar-refractivity contribution in [2.24, 2.45) is 5.73 Å². The third-order valence-electron chi connectivity index (χ3n) is 2.19. The van der Waals surface area contributed by atoms with Gasteiger partial charge < -0.3 is 11.1 Å². The Hall–Kier alpha value is -2.12. The minimum absolute atomic E-state index is 0.104. The van der Waals surface area contributed by atoms with Crippen molar-refractivity contribution < 1.29 is 27.2 Å². The summed E-state index contributed by atoms with van der Waals surface area (Å²) in [7, 11) is 0. The average Bonchev–Trinajstić information content (AvgIpc) is 2.27. The third-order valence-corrected chi connectivity index (χ3v) is 2.19. The fourth-order valence-electron chi connectivity index (χ4n) is 1.29. The van der Waals surface area contributed by atoms with E-state index in [-0.39, 0.29) is 18.5 Å². The van der Waals surface area contributed by atoms with Gasteiger partial charge in [-0.05, 0) is 18.2 Å². The van der Waals surface area contributed by atoms with E-state index in [1.165, 1.54) is 0 Å². The molecule has 0 aliphatic rings. The van der Waals surface area contributed by atoms with Crippen molar-refractivity contribution in [1.82, 2.24) is 5.32 Å². The van der Waals surface area contributed by atoms with Gasteiger partial charge in [0.2, 0.25) is 5.91 Å². The van der Waals surface area contributed by atoms with Gasteiger partial charge in [-0.15, -0.1) is 0 Å². The molecule has 1 aromatic rings. The van der Waals surface area contributed by atoms with Gasteiger partial charge in [0.15, 0.2) is 0 Å². The highest BCUT2D eigenvalue weighted by molar-refractivity contribution is 5.94. The smallest absolute Gasteiger partial charge is 0.370 e. The first kappa shape index (κ1) is 14.9. The molecule has 0 heterocycles. The maximum atomic E-state index is 13.0. The quantitative estimate of drug-likeness (QED) is 0.818. The first-order valence-electron chi connectivity index (χ1n) is 5.15. The number of hydrogen-bond acceptors (Lipinski definition) is 2. The number of carbonyl (C=O) groups is 2. The van der Waals surface area contributed by atoms with Crippen LogP contribution in [0, 0.1) is 5.82 Å². The lowest BCUT2D eigenvalue weighted by atomic mass is 10.1. The number of benzene rings is 1. The molecule has 0 fully saturated rings. The van der Waals surface area contributed by atoms with Crippen LogP contribution < -0.4 is 11.1 Å². The Morgan fingerprint density at radius 3 is 2.42 bits per heavy atom. The molecule has 3 N–H and O–H groups in total. The molecule has 0 bridgehead atoms. The van der Waals surface area contributed by atoms with Gasteiger partial charge in [-0.25, -0.2) is 4.39 Å². The number of nitrogens with one attached hydrogen (secondary N) is 1. The van der Waals surface area contributed by atoms with Gasteiger partial charge in [0.25, 0.3) is 5.91 Å². The highest BCUT2D eigenvalue weighted by Gasteiger charge is 2.34. The zero-order valence-corrected chi connectivity index (χ0v) is 9.55. The fraction of sp³-hybridized carbons (Fsp3) is 0.273. The Bertz CT molecular complexity index is 500. The van der Waals surface area contributed by atoms with Crippen LogP contribution >= 0.6 is 0 Å². The molecule has 0 unspecified atom stereocenters. The Balaban J connectivity index is 2.84. The van der Waals surface area contributed by atoms with E-state index in [0.29, 0.717) is 12.1 Å². The Morgan fingerprint density at radius 2 is 1.89 bits per heavy atom. The number of rotatable bonds is 4. The van der Waals surface area contributed by atoms with Gasteiger partial charge in [-0.1, -0.05) is 0 Å². The Morgan fingerprint density at radius 1 is 1.26 bits per heavy atom. The highest BCUT2D eigenvalue weighted by Crippen LogP contribution is 2.31. The van der Waals surface area contributed by atoms with Crippen molar-refractivity contribution in [3.8, 4) is 0 Å². The molecule has 0 radical (unpaired) electrons. The van der Waals surface area contributed by atoms with Crippen molar-refractivity contribution in [3.63, 3.8) is 0 Å². The summed E-state index contributed by atoms with van der Waals surface area (Å²) >= 11 is 0. The zero-order valence-electron chi connectivity index (χ0n) is 9.55. The van der Waals surface area contributed by atoms with E-state index in [1.807, 2.05) is 0 Å². The van der Waals surface area contributed by atoms with Crippen molar-refractivity contribution in [2.75, 3.05) is 6.54 Å². The molecule has 104 valence electrons. The first-order chi connectivity index (χ1) is 8.71. The molecule has 8 heteroatoms. The largest absolute Gasteiger partial charge is 0.419 e. The third kappa shape index (κ3) is 4.23. The Kier molecular flexibility index (Phi) is 4.47. The van der Waals surface area contributed by atoms with Crippen molar-refractivity contribution in [2.45, 2.75) is 12.6 Å². The number of amides is 2. The van der Waals surface area contributed by atoms with Crippen LogP contribution in [0.25, 0.3) is 0 Å². The lowest BCUT2D eigenvalue weighted by molar-refractivity contribution is -0.140. The van der Waals surface area contributed by atoms with Crippen molar-refractivity contribution in [3.05, 3.63) is 35.1 Å². The molecular weight excluding hydrogens is 268 g/mol. The maximum absolute atomic E-state index is 13.0. The summed E-state index contributed by atoms with van der Waals surface area (Å²) in [6, 6.07) is 1.89. The molecule has 0 aromatic heterocycles. The van der Waals surface area contributed by atoms with E-state index in [4.69, 9.17) is 5.73 Å². The van der Waals surface area contributed by atoms with Gasteiger partial charge in [0.05, 0.1) is 5.56 Å².